The monoisotopic (exact) mass is 1100 g/mol. The van der Waals surface area contributed by atoms with Crippen molar-refractivity contribution in [2.45, 2.75) is 28.5 Å². The first kappa shape index (κ1) is 54.2. The van der Waals surface area contributed by atoms with Crippen molar-refractivity contribution in [3.63, 3.8) is 0 Å². The molecule has 8 aromatic rings. The topological polar surface area (TPSA) is 365 Å². The van der Waals surface area contributed by atoms with Crippen LogP contribution in [-0.4, -0.2) is 71.3 Å². The highest BCUT2D eigenvalue weighted by Gasteiger charge is 2.24. The quantitative estimate of drug-likeness (QED) is 0.0297. The molecule has 0 unspecified atom stereocenters. The first-order chi connectivity index (χ1) is 36.4. The molecule has 0 heterocycles. The molecule has 394 valence electrons. The predicted octanol–water partition coefficient (Wildman–Crippen LogP) is 12.6. The van der Waals surface area contributed by atoms with E-state index in [1.54, 1.807) is 56.3 Å². The molecule has 27 heteroatoms. The second-order valence-electron chi connectivity index (χ2n) is 16.6. The van der Waals surface area contributed by atoms with E-state index in [0.717, 1.165) is 12.1 Å². The average molecular weight is 1100 g/mol. The lowest BCUT2D eigenvalue weighted by Crippen LogP contribution is -2.11. The molecule has 0 spiro atoms. The second kappa shape index (κ2) is 21.6. The number of phenolic OH excluding ortho intramolecular Hbond substituents is 1. The number of methoxy groups -OCH3 is 3. The molecule has 0 fully saturated rings. The Morgan fingerprint density at radius 2 is 1.03 bits per heavy atom. The van der Waals surface area contributed by atoms with E-state index >= 15 is 0 Å². The van der Waals surface area contributed by atoms with Crippen molar-refractivity contribution in [1.29, 1.82) is 0 Å². The summed E-state index contributed by atoms with van der Waals surface area (Å²) in [6.45, 7) is 3.52. The van der Waals surface area contributed by atoms with Gasteiger partial charge in [0.2, 0.25) is 0 Å². The van der Waals surface area contributed by atoms with Gasteiger partial charge in [-0.1, -0.05) is 6.07 Å². The highest BCUT2D eigenvalue weighted by Crippen LogP contribution is 2.46. The number of fused-ring (bicyclic) bond motifs is 2. The molecule has 0 aliphatic rings. The van der Waals surface area contributed by atoms with E-state index in [1.807, 2.05) is 0 Å². The minimum atomic E-state index is -5.01. The number of benzene rings is 8. The fraction of sp³-hybridized carbons (Fsp3) is 0.100. The summed E-state index contributed by atoms with van der Waals surface area (Å²) in [5.41, 5.74) is 9.39. The minimum Gasteiger partial charge on any atom is -0.505 e. The van der Waals surface area contributed by atoms with E-state index in [1.165, 1.54) is 82.0 Å². The molecule has 0 saturated heterocycles. The molecule has 8 rings (SSSR count). The number of nitrogens with two attached hydrogens (primary N) is 1. The van der Waals surface area contributed by atoms with Crippen LogP contribution in [0.5, 0.6) is 23.0 Å². The Bertz CT molecular complexity index is 4190. The first-order valence-electron chi connectivity index (χ1n) is 22.1. The van der Waals surface area contributed by atoms with Gasteiger partial charge in [0.1, 0.15) is 49.8 Å². The van der Waals surface area contributed by atoms with Crippen LogP contribution in [0.25, 0.3) is 21.5 Å². The van der Waals surface area contributed by atoms with E-state index in [-0.39, 0.29) is 61.5 Å². The number of hydrogen-bond acceptors (Lipinski definition) is 20. The molecule has 8 aromatic carbocycles. The number of nitrogen functional groups attached to an aromatic ring is 1. The smallest absolute Gasteiger partial charge is 0.296 e. The molecule has 0 aliphatic carbocycles. The maximum atomic E-state index is 12.8. The number of amides is 1. The van der Waals surface area contributed by atoms with Gasteiger partial charge < -0.3 is 30.4 Å². The maximum Gasteiger partial charge on any atom is 0.296 e. The van der Waals surface area contributed by atoms with Crippen LogP contribution >= 0.6 is 0 Å². The summed E-state index contributed by atoms with van der Waals surface area (Å²) >= 11 is 0. The summed E-state index contributed by atoms with van der Waals surface area (Å²) in [7, 11) is -10.6. The molecule has 0 aromatic heterocycles. The van der Waals surface area contributed by atoms with Crippen LogP contribution in [0.3, 0.4) is 0 Å². The zero-order chi connectivity index (χ0) is 55.6. The Labute approximate surface area is 438 Å². The predicted molar refractivity (Wildman–Crippen MR) is 283 cm³/mol. The number of aromatic hydroxyl groups is 1. The number of phenols is 1. The first-order valence-corrected chi connectivity index (χ1v) is 26.4. The maximum absolute atomic E-state index is 12.8. The molecule has 77 heavy (non-hydrogen) atoms. The van der Waals surface area contributed by atoms with E-state index in [4.69, 9.17) is 19.9 Å². The third-order valence-electron chi connectivity index (χ3n) is 11.4. The van der Waals surface area contributed by atoms with Gasteiger partial charge in [0.25, 0.3) is 36.3 Å². The van der Waals surface area contributed by atoms with Crippen molar-refractivity contribution in [1.82, 2.24) is 0 Å². The molecule has 0 saturated carbocycles. The van der Waals surface area contributed by atoms with Crippen molar-refractivity contribution in [3.05, 3.63) is 138 Å². The summed E-state index contributed by atoms with van der Waals surface area (Å²) in [6.07, 6.45) is 0. The Morgan fingerprint density at radius 3 is 1.61 bits per heavy atom. The fourth-order valence-corrected chi connectivity index (χ4v) is 9.56. The van der Waals surface area contributed by atoms with Crippen LogP contribution in [0.2, 0.25) is 0 Å². The van der Waals surface area contributed by atoms with Gasteiger partial charge in [-0.15, -0.1) is 20.5 Å². The van der Waals surface area contributed by atoms with Crippen molar-refractivity contribution >= 4 is 115 Å². The van der Waals surface area contributed by atoms with Crippen molar-refractivity contribution in [3.8, 4) is 23.0 Å². The molecular formula is C50H42N10O14S3. The van der Waals surface area contributed by atoms with E-state index in [0.29, 0.717) is 51.2 Å². The van der Waals surface area contributed by atoms with Gasteiger partial charge in [-0.3, -0.25) is 18.5 Å². The zero-order valence-corrected chi connectivity index (χ0v) is 43.2. The summed E-state index contributed by atoms with van der Waals surface area (Å²) < 4.78 is 119. The van der Waals surface area contributed by atoms with Crippen LogP contribution in [0, 0.1) is 13.8 Å². The number of carbonyl (C=O) groups excluding carboxylic acids is 1. The van der Waals surface area contributed by atoms with Crippen LogP contribution in [0.1, 0.15) is 21.5 Å². The number of rotatable bonds is 16. The molecule has 0 aliphatic heterocycles. The van der Waals surface area contributed by atoms with Crippen molar-refractivity contribution in [2.75, 3.05) is 32.4 Å². The number of aryl methyl sites for hydroxylation is 2. The largest absolute Gasteiger partial charge is 0.505 e. The standard InChI is InChI=1S/C50H42N10O14S3/c1-26-16-33(13-15-38(26)55-54-34-11-8-29-19-35(75(63,64)65)22-46(37(29)21-34)76(66,67)68)53-56-39-23-43(72-3)40(17-27(39)2)57-58-41-24-45(74-5)42(25-44(41)73-4)59-60-48-47(77(69,70)71)20-30-18-32(12-14-36(30)49(48)61)52-50(62)28-6-9-31(51)10-7-28/h6-25,61H,51H2,1-5H3,(H,52,62)(H,63,64,65)(H,66,67,68)(H,69,70,71). The van der Waals surface area contributed by atoms with Gasteiger partial charge in [0.15, 0.2) is 5.75 Å². The third kappa shape index (κ3) is 12.2. The Morgan fingerprint density at radius 1 is 0.494 bits per heavy atom. The summed E-state index contributed by atoms with van der Waals surface area (Å²) in [4.78, 5) is 10.6. The van der Waals surface area contributed by atoms with Crippen molar-refractivity contribution < 1.29 is 63.0 Å². The normalized spacial score (nSPS) is 12.4. The number of anilines is 2. The van der Waals surface area contributed by atoms with Crippen molar-refractivity contribution in [2.24, 2.45) is 40.9 Å². The van der Waals surface area contributed by atoms with Gasteiger partial charge in [0, 0.05) is 45.9 Å². The van der Waals surface area contributed by atoms with E-state index in [9.17, 15) is 48.8 Å². The zero-order valence-electron chi connectivity index (χ0n) is 40.8. The molecule has 0 radical (unpaired) electrons. The number of ether oxygens (including phenoxy) is 3. The number of carbonyl (C=O) groups is 1. The van der Waals surface area contributed by atoms with E-state index < -0.39 is 62.4 Å². The summed E-state index contributed by atoms with van der Waals surface area (Å²) in [5, 5.41) is 48.5. The molecule has 0 bridgehead atoms. The van der Waals surface area contributed by atoms with Crippen LogP contribution in [0.15, 0.2) is 177 Å². The highest BCUT2D eigenvalue weighted by molar-refractivity contribution is 7.87. The van der Waals surface area contributed by atoms with Crippen LogP contribution < -0.4 is 25.3 Å². The number of hydrogen-bond donors (Lipinski definition) is 6. The van der Waals surface area contributed by atoms with Gasteiger partial charge in [0.05, 0.1) is 49.0 Å². The number of nitrogens with zero attached hydrogens (tertiary/aromatic N) is 8. The summed E-state index contributed by atoms with van der Waals surface area (Å²) in [5.74, 6) is -0.634. The van der Waals surface area contributed by atoms with Crippen LogP contribution in [-0.2, 0) is 30.4 Å². The Hall–Kier alpha value is -9.12. The molecule has 7 N–H and O–H groups in total. The van der Waals surface area contributed by atoms with Gasteiger partial charge in [-0.25, -0.2) is 0 Å². The van der Waals surface area contributed by atoms with Gasteiger partial charge in [-0.2, -0.15) is 45.7 Å². The van der Waals surface area contributed by atoms with E-state index in [2.05, 4.69) is 46.2 Å². The Kier molecular flexibility index (Phi) is 15.2. The third-order valence-corrected chi connectivity index (χ3v) is 14.0. The molecular weight excluding hydrogens is 1060 g/mol. The number of nitrogens with one attached hydrogen (secondary N) is 1. The van der Waals surface area contributed by atoms with Gasteiger partial charge in [-0.05, 0) is 133 Å². The molecule has 24 nitrogen and oxygen atoms in total. The lowest BCUT2D eigenvalue weighted by molar-refractivity contribution is 0.102. The van der Waals surface area contributed by atoms with Crippen LogP contribution in [0.4, 0.5) is 56.9 Å². The van der Waals surface area contributed by atoms with Gasteiger partial charge >= 0.3 is 0 Å². The average Bonchev–Trinajstić information content (AvgIpc) is 3.39. The SMILES string of the molecule is COc1cc(N=Nc2ccc(N=Nc3ccc4cc(S(=O)(=O)O)cc(S(=O)(=O)O)c4c3)c(C)c2)c(C)cc1N=Nc1cc(OC)c(N=Nc2c(S(=O)(=O)O)cc3cc(NC(=O)c4ccc(N)cc4)ccc3c2O)cc1OC. The lowest BCUT2D eigenvalue weighted by Gasteiger charge is -2.12. The minimum absolute atomic E-state index is 0.00491. The molecule has 0 atom stereocenters. The summed E-state index contributed by atoms with van der Waals surface area (Å²) in [6, 6.07) is 28.4. The Balaban J connectivity index is 1.00. The highest BCUT2D eigenvalue weighted by atomic mass is 32.2. The second-order valence-corrected chi connectivity index (χ2v) is 20.8. The fourth-order valence-electron chi connectivity index (χ4n) is 7.55. The number of azo groups is 4. The lowest BCUT2D eigenvalue weighted by atomic mass is 10.1. The molecule has 1 amide bonds.